The van der Waals surface area contributed by atoms with Crippen molar-refractivity contribution in [3.05, 3.63) is 102 Å². The second kappa shape index (κ2) is 9.22. The number of hydrogen-bond acceptors (Lipinski definition) is 5. The van der Waals surface area contributed by atoms with E-state index < -0.39 is 11.9 Å². The molecule has 0 amide bonds. The third-order valence-corrected chi connectivity index (χ3v) is 4.33. The zero-order valence-electron chi connectivity index (χ0n) is 17.3. The molecule has 0 fully saturated rings. The zero-order chi connectivity index (χ0) is 22.5. The average molecular weight is 413 g/mol. The number of rotatable bonds is 8. The van der Waals surface area contributed by atoms with Gasteiger partial charge in [-0.05, 0) is 61.4 Å². The largest absolute Gasteiger partial charge is 0.423 e. The lowest BCUT2D eigenvalue weighted by molar-refractivity contribution is -0.130. The molecule has 0 atom stereocenters. The highest BCUT2D eigenvalue weighted by Gasteiger charge is 2.18. The molecule has 1 radical (unpaired) electrons. The number of carbonyl (C=O) groups excluding carboxylic acids is 3. The molecule has 3 rings (SSSR count). The summed E-state index contributed by atoms with van der Waals surface area (Å²) in [5, 5.41) is 0. The lowest BCUT2D eigenvalue weighted by Crippen LogP contribution is -2.09. The summed E-state index contributed by atoms with van der Waals surface area (Å²) in [5.74, 6) is -0.511. The monoisotopic (exact) mass is 413 g/mol. The molecule has 0 heterocycles. The Kier molecular flexibility index (Phi) is 6.46. The Hall–Kier alpha value is -3.99. The Morgan fingerprint density at radius 2 is 1.48 bits per heavy atom. The first-order chi connectivity index (χ1) is 14.7. The van der Waals surface area contributed by atoms with Crippen LogP contribution in [0.15, 0.2) is 78.9 Å². The van der Waals surface area contributed by atoms with Crippen molar-refractivity contribution in [1.82, 2.24) is 0 Å². The quantitative estimate of drug-likeness (QED) is 0.259. The molecule has 1 aliphatic carbocycles. The van der Waals surface area contributed by atoms with E-state index in [-0.39, 0.29) is 5.78 Å². The minimum absolute atomic E-state index is 0.222. The molecule has 31 heavy (non-hydrogen) atoms. The normalized spacial score (nSPS) is 12.1. The number of ether oxygens (including phenoxy) is 2. The van der Waals surface area contributed by atoms with Gasteiger partial charge >= 0.3 is 11.9 Å². The summed E-state index contributed by atoms with van der Waals surface area (Å²) in [6.45, 7) is 10.3. The Morgan fingerprint density at radius 3 is 2.06 bits per heavy atom. The van der Waals surface area contributed by atoms with Crippen LogP contribution in [-0.4, -0.2) is 17.7 Å². The van der Waals surface area contributed by atoms with E-state index in [0.29, 0.717) is 33.8 Å². The van der Waals surface area contributed by atoms with Crippen LogP contribution >= 0.6 is 0 Å². The first kappa shape index (κ1) is 21.7. The molecule has 2 aromatic rings. The number of allylic oxidation sites excluding steroid dienone is 3. The summed E-state index contributed by atoms with van der Waals surface area (Å²) in [7, 11) is 0. The minimum atomic E-state index is -0.523. The molecular formula is C26H21O5. The Bertz CT molecular complexity index is 1150. The van der Waals surface area contributed by atoms with Crippen LogP contribution in [0.4, 0.5) is 0 Å². The van der Waals surface area contributed by atoms with Gasteiger partial charge in [-0.2, -0.15) is 0 Å². The Morgan fingerprint density at radius 1 is 0.871 bits per heavy atom. The molecule has 5 nitrogen and oxygen atoms in total. The van der Waals surface area contributed by atoms with Crippen molar-refractivity contribution in [1.29, 1.82) is 0 Å². The molecule has 0 bridgehead atoms. The Labute approximate surface area is 181 Å². The minimum Gasteiger partial charge on any atom is -0.423 e. The van der Waals surface area contributed by atoms with Gasteiger partial charge in [0.2, 0.25) is 0 Å². The summed E-state index contributed by atoms with van der Waals surface area (Å²) in [6, 6.07) is 11.6. The third kappa shape index (κ3) is 5.76. The number of esters is 2. The van der Waals surface area contributed by atoms with Gasteiger partial charge in [0.1, 0.15) is 11.5 Å². The summed E-state index contributed by atoms with van der Waals surface area (Å²) < 4.78 is 10.6. The van der Waals surface area contributed by atoms with E-state index in [1.807, 2.05) is 24.6 Å². The van der Waals surface area contributed by atoms with E-state index in [1.54, 1.807) is 50.3 Å². The molecule has 0 unspecified atom stereocenters. The van der Waals surface area contributed by atoms with Gasteiger partial charge in [-0.3, -0.25) is 4.79 Å². The summed E-state index contributed by atoms with van der Waals surface area (Å²) in [4.78, 5) is 36.0. The van der Waals surface area contributed by atoms with E-state index in [2.05, 4.69) is 13.2 Å². The number of benzene rings is 2. The van der Waals surface area contributed by atoms with Crippen LogP contribution in [0, 0.1) is 6.42 Å². The second-order valence-corrected chi connectivity index (χ2v) is 7.11. The van der Waals surface area contributed by atoms with E-state index >= 15 is 0 Å². The second-order valence-electron chi connectivity index (χ2n) is 7.11. The van der Waals surface area contributed by atoms with Crippen LogP contribution in [0.25, 0.3) is 11.6 Å². The highest BCUT2D eigenvalue weighted by molar-refractivity contribution is 6.07. The van der Waals surface area contributed by atoms with Crippen molar-refractivity contribution >= 4 is 29.4 Å². The maximum atomic E-state index is 12.5. The topological polar surface area (TPSA) is 69.7 Å². The van der Waals surface area contributed by atoms with Crippen molar-refractivity contribution in [3.8, 4) is 11.5 Å². The summed E-state index contributed by atoms with van der Waals surface area (Å²) in [6.07, 6.45) is 6.91. The SMILES string of the molecule is C=C(C)C(=O)Oc1ccc(C(=O)/C=C/c2ccc(C3=C[CH]3)c(OC(=O)C(=C)C)c2)cc1. The molecule has 0 aliphatic heterocycles. The van der Waals surface area contributed by atoms with Crippen molar-refractivity contribution in [2.75, 3.05) is 0 Å². The van der Waals surface area contributed by atoms with Crippen molar-refractivity contribution in [2.24, 2.45) is 0 Å². The van der Waals surface area contributed by atoms with Crippen LogP contribution in [0.2, 0.25) is 0 Å². The summed E-state index contributed by atoms with van der Waals surface area (Å²) >= 11 is 0. The lowest BCUT2D eigenvalue weighted by atomic mass is 10.1. The fraction of sp³-hybridized carbons (Fsp3) is 0.0769. The first-order valence-corrected chi connectivity index (χ1v) is 9.52. The van der Waals surface area contributed by atoms with Gasteiger partial charge in [0.25, 0.3) is 0 Å². The van der Waals surface area contributed by atoms with Crippen LogP contribution in [0.1, 0.15) is 35.3 Å². The van der Waals surface area contributed by atoms with Gasteiger partial charge in [0, 0.05) is 28.7 Å². The van der Waals surface area contributed by atoms with E-state index in [1.165, 1.54) is 6.08 Å². The van der Waals surface area contributed by atoms with Crippen molar-refractivity contribution in [3.63, 3.8) is 0 Å². The van der Waals surface area contributed by atoms with E-state index in [4.69, 9.17) is 9.47 Å². The highest BCUT2D eigenvalue weighted by atomic mass is 16.5. The molecule has 0 aromatic heterocycles. The third-order valence-electron chi connectivity index (χ3n) is 4.33. The average Bonchev–Trinajstić information content (AvgIpc) is 3.57. The molecular weight excluding hydrogens is 392 g/mol. The predicted molar refractivity (Wildman–Crippen MR) is 119 cm³/mol. The van der Waals surface area contributed by atoms with Crippen molar-refractivity contribution in [2.45, 2.75) is 13.8 Å². The summed E-state index contributed by atoms with van der Waals surface area (Å²) in [5.41, 5.74) is 3.53. The first-order valence-electron chi connectivity index (χ1n) is 9.52. The van der Waals surface area contributed by atoms with Gasteiger partial charge in [-0.1, -0.05) is 37.4 Å². The highest BCUT2D eigenvalue weighted by Crippen LogP contribution is 2.37. The van der Waals surface area contributed by atoms with Gasteiger partial charge in [-0.25, -0.2) is 9.59 Å². The molecule has 0 saturated carbocycles. The van der Waals surface area contributed by atoms with Crippen molar-refractivity contribution < 1.29 is 23.9 Å². The number of hydrogen-bond donors (Lipinski definition) is 0. The van der Waals surface area contributed by atoms with Gasteiger partial charge in [0.15, 0.2) is 5.78 Å². The standard InChI is InChI=1S/C26H21O5/c1-16(2)25(28)30-21-11-9-20(10-12-21)23(27)14-6-18-5-13-22(19-7-8-19)24(15-18)31-26(29)17(3)4/h5-15H,1,3H2,2,4H3/b14-6+. The smallest absolute Gasteiger partial charge is 0.338 e. The zero-order valence-corrected chi connectivity index (χ0v) is 17.3. The fourth-order valence-corrected chi connectivity index (χ4v) is 2.52. The maximum absolute atomic E-state index is 12.5. The van der Waals surface area contributed by atoms with Gasteiger partial charge in [0.05, 0.1) is 0 Å². The van der Waals surface area contributed by atoms with Crippen LogP contribution < -0.4 is 9.47 Å². The molecule has 0 N–H and O–H groups in total. The molecule has 155 valence electrons. The van der Waals surface area contributed by atoms with Crippen LogP contribution in [0.5, 0.6) is 11.5 Å². The molecule has 0 saturated heterocycles. The van der Waals surface area contributed by atoms with Gasteiger partial charge < -0.3 is 9.47 Å². The lowest BCUT2D eigenvalue weighted by Gasteiger charge is -2.09. The van der Waals surface area contributed by atoms with Crippen LogP contribution in [0.3, 0.4) is 0 Å². The number of carbonyl (C=O) groups is 3. The molecule has 2 aromatic carbocycles. The van der Waals surface area contributed by atoms with Crippen LogP contribution in [-0.2, 0) is 9.59 Å². The molecule has 0 spiro atoms. The molecule has 5 heteroatoms. The van der Waals surface area contributed by atoms with E-state index in [0.717, 1.165) is 11.1 Å². The predicted octanol–water partition coefficient (Wildman–Crippen LogP) is 5.15. The maximum Gasteiger partial charge on any atom is 0.338 e. The van der Waals surface area contributed by atoms with Gasteiger partial charge in [-0.15, -0.1) is 0 Å². The molecule has 1 aliphatic rings. The number of ketones is 1. The Balaban J connectivity index is 1.73. The fourth-order valence-electron chi connectivity index (χ4n) is 2.52. The van der Waals surface area contributed by atoms with E-state index in [9.17, 15) is 14.4 Å².